The molecular weight excluding hydrogens is 527 g/mol. The molecular formula is C17H31IN6O5S. The average Bonchev–Trinajstić information content (AvgIpc) is 2.70. The van der Waals surface area contributed by atoms with E-state index in [2.05, 4.69) is 25.2 Å². The standard InChI is InChI=1S/C17H30N6O5S.HI/c1-18-17(20-10-12-22(2)11-5-13-28-3)19-8-9-21-29(26,27)16-7-4-6-15(14-16)23(24)25;/h4,6-7,14,21H,5,8-13H2,1-3H3,(H2,18,19,20);1H. The summed E-state index contributed by atoms with van der Waals surface area (Å²) in [7, 11) is 1.50. The molecule has 0 saturated carbocycles. The number of methoxy groups -OCH3 is 1. The Labute approximate surface area is 194 Å². The van der Waals surface area contributed by atoms with Crippen LogP contribution in [0.5, 0.6) is 0 Å². The number of hydrogen-bond donors (Lipinski definition) is 3. The number of halogens is 1. The predicted octanol–water partition coefficient (Wildman–Crippen LogP) is 0.624. The van der Waals surface area contributed by atoms with E-state index < -0.39 is 14.9 Å². The van der Waals surface area contributed by atoms with Gasteiger partial charge in [0.15, 0.2) is 5.96 Å². The lowest BCUT2D eigenvalue weighted by Crippen LogP contribution is -2.43. The molecule has 0 aliphatic rings. The van der Waals surface area contributed by atoms with Crippen LogP contribution >= 0.6 is 24.0 Å². The van der Waals surface area contributed by atoms with E-state index in [0.717, 1.165) is 32.2 Å². The summed E-state index contributed by atoms with van der Waals surface area (Å²) in [6, 6.07) is 4.92. The van der Waals surface area contributed by atoms with Crippen LogP contribution in [0.15, 0.2) is 34.2 Å². The molecule has 0 bridgehead atoms. The van der Waals surface area contributed by atoms with E-state index >= 15 is 0 Å². The lowest BCUT2D eigenvalue weighted by atomic mass is 10.3. The van der Waals surface area contributed by atoms with Gasteiger partial charge in [0.2, 0.25) is 10.0 Å². The maximum atomic E-state index is 12.3. The molecule has 0 aliphatic carbocycles. The van der Waals surface area contributed by atoms with Crippen LogP contribution in [0, 0.1) is 10.1 Å². The van der Waals surface area contributed by atoms with Gasteiger partial charge < -0.3 is 20.3 Å². The van der Waals surface area contributed by atoms with E-state index in [9.17, 15) is 18.5 Å². The van der Waals surface area contributed by atoms with E-state index in [1.807, 2.05) is 7.05 Å². The third-order valence-corrected chi connectivity index (χ3v) is 5.40. The predicted molar refractivity (Wildman–Crippen MR) is 127 cm³/mol. The molecule has 13 heteroatoms. The van der Waals surface area contributed by atoms with Gasteiger partial charge in [0.25, 0.3) is 5.69 Å². The first-order valence-electron chi connectivity index (χ1n) is 9.16. The largest absolute Gasteiger partial charge is 0.385 e. The Balaban J connectivity index is 0.00000841. The number of non-ortho nitro benzene ring substituents is 1. The molecule has 3 N–H and O–H groups in total. The fourth-order valence-electron chi connectivity index (χ4n) is 2.39. The molecule has 0 spiro atoms. The van der Waals surface area contributed by atoms with Gasteiger partial charge in [0.1, 0.15) is 0 Å². The number of nitrogens with zero attached hydrogens (tertiary/aromatic N) is 3. The summed E-state index contributed by atoms with van der Waals surface area (Å²) in [5.74, 6) is 0.560. The molecule has 1 rings (SSSR count). The fraction of sp³-hybridized carbons (Fsp3) is 0.588. The van der Waals surface area contributed by atoms with Gasteiger partial charge in [0.05, 0.1) is 9.82 Å². The van der Waals surface area contributed by atoms with Crippen molar-refractivity contribution >= 4 is 45.6 Å². The van der Waals surface area contributed by atoms with Gasteiger partial charge in [-0.3, -0.25) is 15.1 Å². The van der Waals surface area contributed by atoms with Crippen molar-refractivity contribution in [2.75, 3.05) is 60.5 Å². The number of sulfonamides is 1. The van der Waals surface area contributed by atoms with Crippen LogP contribution in [-0.4, -0.2) is 84.7 Å². The Kier molecular flexibility index (Phi) is 14.5. The molecule has 0 amide bonds. The quantitative estimate of drug-likeness (QED) is 0.0801. The Morgan fingerprint density at radius 2 is 1.93 bits per heavy atom. The van der Waals surface area contributed by atoms with Gasteiger partial charge >= 0.3 is 0 Å². The van der Waals surface area contributed by atoms with Crippen molar-refractivity contribution in [1.29, 1.82) is 0 Å². The van der Waals surface area contributed by atoms with Crippen molar-refractivity contribution in [2.24, 2.45) is 4.99 Å². The van der Waals surface area contributed by atoms with Gasteiger partial charge in [-0.05, 0) is 19.5 Å². The number of aliphatic imine (C=N–C) groups is 1. The van der Waals surface area contributed by atoms with Crippen LogP contribution in [0.3, 0.4) is 0 Å². The number of rotatable bonds is 13. The van der Waals surface area contributed by atoms with E-state index in [4.69, 9.17) is 4.74 Å². The molecule has 0 heterocycles. The van der Waals surface area contributed by atoms with Crippen LogP contribution in [0.4, 0.5) is 5.69 Å². The highest BCUT2D eigenvalue weighted by Gasteiger charge is 2.17. The first-order chi connectivity index (χ1) is 13.8. The van der Waals surface area contributed by atoms with E-state index in [1.54, 1.807) is 14.2 Å². The number of guanidine groups is 1. The van der Waals surface area contributed by atoms with Crippen molar-refractivity contribution in [3.8, 4) is 0 Å². The monoisotopic (exact) mass is 558 g/mol. The van der Waals surface area contributed by atoms with Crippen LogP contribution < -0.4 is 15.4 Å². The zero-order valence-electron chi connectivity index (χ0n) is 17.5. The van der Waals surface area contributed by atoms with Crippen molar-refractivity contribution in [3.63, 3.8) is 0 Å². The highest BCUT2D eigenvalue weighted by molar-refractivity contribution is 14.0. The Hall–Kier alpha value is -1.55. The molecule has 0 fully saturated rings. The number of ether oxygens (including phenoxy) is 1. The van der Waals surface area contributed by atoms with E-state index in [1.165, 1.54) is 18.2 Å². The van der Waals surface area contributed by atoms with Crippen molar-refractivity contribution < 1.29 is 18.1 Å². The Morgan fingerprint density at radius 3 is 2.57 bits per heavy atom. The fourth-order valence-corrected chi connectivity index (χ4v) is 3.46. The molecule has 0 saturated heterocycles. The average molecular weight is 558 g/mol. The van der Waals surface area contributed by atoms with Crippen LogP contribution in [0.2, 0.25) is 0 Å². The minimum Gasteiger partial charge on any atom is -0.385 e. The van der Waals surface area contributed by atoms with E-state index in [-0.39, 0.29) is 41.1 Å². The molecule has 0 aliphatic heterocycles. The number of nitrogens with one attached hydrogen (secondary N) is 3. The van der Waals surface area contributed by atoms with Crippen molar-refractivity contribution in [1.82, 2.24) is 20.3 Å². The van der Waals surface area contributed by atoms with Crippen molar-refractivity contribution in [3.05, 3.63) is 34.4 Å². The van der Waals surface area contributed by atoms with Gasteiger partial charge in [-0.1, -0.05) is 6.07 Å². The van der Waals surface area contributed by atoms with Crippen molar-refractivity contribution in [2.45, 2.75) is 11.3 Å². The smallest absolute Gasteiger partial charge is 0.270 e. The molecule has 0 atom stereocenters. The second kappa shape index (κ2) is 15.3. The topological polar surface area (TPSA) is 138 Å². The highest BCUT2D eigenvalue weighted by Crippen LogP contribution is 2.16. The first-order valence-corrected chi connectivity index (χ1v) is 10.6. The molecule has 0 unspecified atom stereocenters. The summed E-state index contributed by atoms with van der Waals surface area (Å²) in [4.78, 5) is 16.3. The number of nitro benzene ring substituents is 1. The minimum atomic E-state index is -3.83. The van der Waals surface area contributed by atoms with Crippen LogP contribution in [-0.2, 0) is 14.8 Å². The summed E-state index contributed by atoms with van der Waals surface area (Å²) in [6.07, 6.45) is 0.963. The molecule has 1 aromatic carbocycles. The van der Waals surface area contributed by atoms with Gasteiger partial charge in [0, 0.05) is 65.6 Å². The second-order valence-corrected chi connectivity index (χ2v) is 7.99. The maximum Gasteiger partial charge on any atom is 0.270 e. The molecule has 0 aromatic heterocycles. The maximum absolute atomic E-state index is 12.3. The lowest BCUT2D eigenvalue weighted by Gasteiger charge is -2.18. The molecule has 1 aromatic rings. The van der Waals surface area contributed by atoms with Gasteiger partial charge in [-0.25, -0.2) is 13.1 Å². The van der Waals surface area contributed by atoms with Crippen LogP contribution in [0.1, 0.15) is 6.42 Å². The first kappa shape index (κ1) is 28.5. The summed E-state index contributed by atoms with van der Waals surface area (Å²) >= 11 is 0. The molecule has 172 valence electrons. The number of benzene rings is 1. The van der Waals surface area contributed by atoms with Crippen LogP contribution in [0.25, 0.3) is 0 Å². The van der Waals surface area contributed by atoms with Gasteiger partial charge in [-0.15, -0.1) is 24.0 Å². The third kappa shape index (κ3) is 11.0. The molecule has 11 nitrogen and oxygen atoms in total. The molecule has 0 radical (unpaired) electrons. The Bertz CT molecular complexity index is 778. The normalized spacial score (nSPS) is 11.8. The number of nitro groups is 1. The SMILES string of the molecule is CN=C(NCCNS(=O)(=O)c1cccc([N+](=O)[O-])c1)NCCN(C)CCCOC.I. The number of likely N-dealkylation sites (N-methyl/N-ethyl adjacent to an activating group) is 1. The number of hydrogen-bond acceptors (Lipinski definition) is 7. The lowest BCUT2D eigenvalue weighted by molar-refractivity contribution is -0.385. The van der Waals surface area contributed by atoms with Gasteiger partial charge in [-0.2, -0.15) is 0 Å². The van der Waals surface area contributed by atoms with E-state index in [0.29, 0.717) is 19.0 Å². The summed E-state index contributed by atoms with van der Waals surface area (Å²) in [6.45, 7) is 3.57. The second-order valence-electron chi connectivity index (χ2n) is 6.23. The third-order valence-electron chi connectivity index (χ3n) is 3.95. The minimum absolute atomic E-state index is 0. The zero-order chi connectivity index (χ0) is 21.7. The Morgan fingerprint density at radius 1 is 1.23 bits per heavy atom. The summed E-state index contributed by atoms with van der Waals surface area (Å²) in [5, 5.41) is 17.0. The zero-order valence-corrected chi connectivity index (χ0v) is 20.6. The highest BCUT2D eigenvalue weighted by atomic mass is 127. The summed E-state index contributed by atoms with van der Waals surface area (Å²) in [5.41, 5.74) is -0.275. The summed E-state index contributed by atoms with van der Waals surface area (Å²) < 4.78 is 31.9. The molecule has 30 heavy (non-hydrogen) atoms.